The van der Waals surface area contributed by atoms with Crippen molar-refractivity contribution in [2.45, 2.75) is 6.42 Å². The molecule has 3 rings (SSSR count). The number of aromatic amines is 1. The Bertz CT molecular complexity index is 554. The number of hydrogen-bond donors (Lipinski definition) is 2. The zero-order valence-electron chi connectivity index (χ0n) is 8.89. The molecule has 2 heterocycles. The first-order valence-electron chi connectivity index (χ1n) is 5.52. The third-order valence-electron chi connectivity index (χ3n) is 3.01. The van der Waals surface area contributed by atoms with E-state index in [1.165, 1.54) is 11.0 Å². The van der Waals surface area contributed by atoms with Crippen LogP contribution in [0.1, 0.15) is 12.0 Å². The van der Waals surface area contributed by atoms with Crippen LogP contribution in [0.15, 0.2) is 30.3 Å². The van der Waals surface area contributed by atoms with E-state index >= 15 is 0 Å². The van der Waals surface area contributed by atoms with Gasteiger partial charge in [-0.3, -0.25) is 0 Å². The number of halogens is 1. The molecule has 16 heavy (non-hydrogen) atoms. The van der Waals surface area contributed by atoms with E-state index < -0.39 is 0 Å². The second kappa shape index (κ2) is 3.96. The fourth-order valence-electron chi connectivity index (χ4n) is 2.26. The molecule has 0 amide bonds. The summed E-state index contributed by atoms with van der Waals surface area (Å²) in [6.45, 7) is 1.96. The van der Waals surface area contributed by atoms with Crippen molar-refractivity contribution in [1.29, 1.82) is 0 Å². The summed E-state index contributed by atoms with van der Waals surface area (Å²) in [5, 5.41) is 5.33. The van der Waals surface area contributed by atoms with Crippen LogP contribution in [0.4, 0.5) is 0 Å². The van der Waals surface area contributed by atoms with Crippen molar-refractivity contribution in [2.75, 3.05) is 13.1 Å². The molecule has 2 nitrogen and oxygen atoms in total. The van der Waals surface area contributed by atoms with Crippen molar-refractivity contribution in [3.63, 3.8) is 0 Å². The largest absolute Gasteiger partial charge is 0.345 e. The van der Waals surface area contributed by atoms with Gasteiger partial charge in [-0.2, -0.15) is 0 Å². The number of H-pyrrole nitrogens is 1. The van der Waals surface area contributed by atoms with Crippen LogP contribution in [0.25, 0.3) is 16.5 Å². The summed E-state index contributed by atoms with van der Waals surface area (Å²) >= 11 is 6.28. The fraction of sp³-hybridized carbons (Fsp3) is 0.231. The maximum atomic E-state index is 6.28. The standard InChI is InChI=1S/C13H13ClN2/c14-13-12(9-4-3-7-15-8-9)10-5-1-2-6-11(10)16-13/h1-2,4-6,15-16H,3,7-8H2. The van der Waals surface area contributed by atoms with Gasteiger partial charge in [-0.25, -0.2) is 0 Å². The molecule has 0 saturated heterocycles. The van der Waals surface area contributed by atoms with Gasteiger partial charge in [-0.05, 0) is 24.6 Å². The van der Waals surface area contributed by atoms with E-state index in [2.05, 4.69) is 28.5 Å². The van der Waals surface area contributed by atoms with E-state index in [4.69, 9.17) is 11.6 Å². The van der Waals surface area contributed by atoms with E-state index in [1.54, 1.807) is 0 Å². The van der Waals surface area contributed by atoms with Gasteiger partial charge in [0.1, 0.15) is 5.15 Å². The predicted octanol–water partition coefficient (Wildman–Crippen LogP) is 3.20. The molecule has 1 aromatic heterocycles. The zero-order chi connectivity index (χ0) is 11.0. The summed E-state index contributed by atoms with van der Waals surface area (Å²) in [5.74, 6) is 0. The van der Waals surface area contributed by atoms with Crippen molar-refractivity contribution >= 4 is 28.1 Å². The Morgan fingerprint density at radius 1 is 1.19 bits per heavy atom. The molecular weight excluding hydrogens is 220 g/mol. The Balaban J connectivity index is 2.21. The minimum absolute atomic E-state index is 0.746. The van der Waals surface area contributed by atoms with Gasteiger partial charge in [0.15, 0.2) is 0 Å². The van der Waals surface area contributed by atoms with Gasteiger partial charge < -0.3 is 10.3 Å². The van der Waals surface area contributed by atoms with Gasteiger partial charge in [-0.15, -0.1) is 0 Å². The van der Waals surface area contributed by atoms with Crippen LogP contribution in [0.5, 0.6) is 0 Å². The molecule has 3 heteroatoms. The lowest BCUT2D eigenvalue weighted by molar-refractivity contribution is 0.739. The van der Waals surface area contributed by atoms with Gasteiger partial charge >= 0.3 is 0 Å². The monoisotopic (exact) mass is 232 g/mol. The number of aromatic nitrogens is 1. The minimum atomic E-state index is 0.746. The van der Waals surface area contributed by atoms with E-state index in [0.29, 0.717) is 0 Å². The molecule has 2 aromatic rings. The van der Waals surface area contributed by atoms with Crippen molar-refractivity contribution < 1.29 is 0 Å². The summed E-state index contributed by atoms with van der Waals surface area (Å²) in [4.78, 5) is 3.22. The molecular formula is C13H13ClN2. The summed E-state index contributed by atoms with van der Waals surface area (Å²) in [5.41, 5.74) is 3.56. The predicted molar refractivity (Wildman–Crippen MR) is 68.8 cm³/mol. The Kier molecular flexibility index (Phi) is 2.46. The van der Waals surface area contributed by atoms with Crippen molar-refractivity contribution in [1.82, 2.24) is 10.3 Å². The summed E-state index contributed by atoms with van der Waals surface area (Å²) in [6.07, 6.45) is 3.35. The SMILES string of the molecule is Clc1[nH]c2ccccc2c1C1=CCCNC1. The van der Waals surface area contributed by atoms with E-state index in [-0.39, 0.29) is 0 Å². The molecule has 0 fully saturated rings. The van der Waals surface area contributed by atoms with Crippen LogP contribution in [-0.2, 0) is 0 Å². The van der Waals surface area contributed by atoms with E-state index in [0.717, 1.165) is 35.7 Å². The molecule has 0 atom stereocenters. The molecule has 1 aliphatic rings. The van der Waals surface area contributed by atoms with Crippen LogP contribution in [-0.4, -0.2) is 18.1 Å². The highest BCUT2D eigenvalue weighted by atomic mass is 35.5. The maximum absolute atomic E-state index is 6.28. The summed E-state index contributed by atoms with van der Waals surface area (Å²) in [7, 11) is 0. The molecule has 0 bridgehead atoms. The molecule has 82 valence electrons. The third-order valence-corrected chi connectivity index (χ3v) is 3.29. The highest BCUT2D eigenvalue weighted by Crippen LogP contribution is 2.32. The topological polar surface area (TPSA) is 27.8 Å². The Morgan fingerprint density at radius 3 is 2.88 bits per heavy atom. The number of benzene rings is 1. The summed E-state index contributed by atoms with van der Waals surface area (Å²) < 4.78 is 0. The average molecular weight is 233 g/mol. The first-order valence-corrected chi connectivity index (χ1v) is 5.90. The Morgan fingerprint density at radius 2 is 2.06 bits per heavy atom. The number of para-hydroxylation sites is 1. The van der Waals surface area contributed by atoms with Gasteiger partial charge in [0, 0.05) is 23.0 Å². The first kappa shape index (κ1) is 9.94. The number of nitrogens with one attached hydrogen (secondary N) is 2. The van der Waals surface area contributed by atoms with Gasteiger partial charge in [-0.1, -0.05) is 35.9 Å². The molecule has 1 aliphatic heterocycles. The van der Waals surface area contributed by atoms with Crippen LogP contribution < -0.4 is 5.32 Å². The highest BCUT2D eigenvalue weighted by Gasteiger charge is 2.14. The molecule has 0 saturated carbocycles. The molecule has 0 spiro atoms. The fourth-order valence-corrected chi connectivity index (χ4v) is 2.58. The van der Waals surface area contributed by atoms with E-state index in [1.807, 2.05) is 12.1 Å². The Labute approximate surface area is 99.3 Å². The average Bonchev–Trinajstić information content (AvgIpc) is 2.66. The van der Waals surface area contributed by atoms with Crippen molar-refractivity contribution in [3.8, 4) is 0 Å². The van der Waals surface area contributed by atoms with Gasteiger partial charge in [0.25, 0.3) is 0 Å². The second-order valence-corrected chi connectivity index (χ2v) is 4.43. The van der Waals surface area contributed by atoms with Gasteiger partial charge in [0.2, 0.25) is 0 Å². The minimum Gasteiger partial charge on any atom is -0.345 e. The molecule has 0 unspecified atom stereocenters. The lowest BCUT2D eigenvalue weighted by Gasteiger charge is -2.14. The molecule has 0 radical (unpaired) electrons. The molecule has 0 aliphatic carbocycles. The lowest BCUT2D eigenvalue weighted by atomic mass is 10.0. The normalized spacial score (nSPS) is 16.4. The van der Waals surface area contributed by atoms with Gasteiger partial charge in [0.05, 0.1) is 0 Å². The maximum Gasteiger partial charge on any atom is 0.114 e. The quantitative estimate of drug-likeness (QED) is 0.777. The van der Waals surface area contributed by atoms with Crippen LogP contribution >= 0.6 is 11.6 Å². The third kappa shape index (κ3) is 1.55. The number of rotatable bonds is 1. The van der Waals surface area contributed by atoms with Crippen LogP contribution in [0.3, 0.4) is 0 Å². The highest BCUT2D eigenvalue weighted by molar-refractivity contribution is 6.33. The first-order chi connectivity index (χ1) is 7.86. The van der Waals surface area contributed by atoms with Crippen molar-refractivity contribution in [3.05, 3.63) is 41.1 Å². The smallest absolute Gasteiger partial charge is 0.114 e. The van der Waals surface area contributed by atoms with Crippen LogP contribution in [0, 0.1) is 0 Å². The molecule has 2 N–H and O–H groups in total. The number of hydrogen-bond acceptors (Lipinski definition) is 1. The molecule has 1 aromatic carbocycles. The second-order valence-electron chi connectivity index (χ2n) is 4.05. The van der Waals surface area contributed by atoms with Crippen LogP contribution in [0.2, 0.25) is 5.15 Å². The summed E-state index contributed by atoms with van der Waals surface area (Å²) in [6, 6.07) is 8.24. The lowest BCUT2D eigenvalue weighted by Crippen LogP contribution is -2.21. The number of fused-ring (bicyclic) bond motifs is 1. The van der Waals surface area contributed by atoms with Crippen molar-refractivity contribution in [2.24, 2.45) is 0 Å². The Hall–Kier alpha value is -1.25. The zero-order valence-corrected chi connectivity index (χ0v) is 9.64. The van der Waals surface area contributed by atoms with E-state index in [9.17, 15) is 0 Å².